The highest BCUT2D eigenvalue weighted by atomic mass is 79.9. The van der Waals surface area contributed by atoms with Crippen LogP contribution in [-0.4, -0.2) is 27.5 Å². The molecule has 25 heavy (non-hydrogen) atoms. The fourth-order valence-corrected chi connectivity index (χ4v) is 4.06. The second-order valence-corrected chi connectivity index (χ2v) is 8.17. The Balaban J connectivity index is 2.17. The van der Waals surface area contributed by atoms with Crippen LogP contribution in [0, 0.1) is 0 Å². The van der Waals surface area contributed by atoms with Crippen molar-refractivity contribution in [3.8, 4) is 5.75 Å². The Labute approximate surface area is 159 Å². The van der Waals surface area contributed by atoms with Crippen LogP contribution in [0.3, 0.4) is 0 Å². The van der Waals surface area contributed by atoms with Gasteiger partial charge in [-0.25, -0.2) is 8.42 Å². The Hall–Kier alpha value is -1.61. The summed E-state index contributed by atoms with van der Waals surface area (Å²) in [5, 5.41) is 2.89. The molecule has 134 valence electrons. The summed E-state index contributed by atoms with van der Waals surface area (Å²) >= 11 is 9.17. The zero-order chi connectivity index (χ0) is 18.6. The maximum atomic E-state index is 12.5. The van der Waals surface area contributed by atoms with Crippen LogP contribution in [-0.2, 0) is 14.8 Å². The molecule has 9 heteroatoms. The monoisotopic (exact) mass is 446 g/mol. The van der Waals surface area contributed by atoms with Crippen molar-refractivity contribution in [3.05, 3.63) is 52.0 Å². The first-order valence-electron chi connectivity index (χ1n) is 7.15. The molecule has 0 aliphatic rings. The van der Waals surface area contributed by atoms with Gasteiger partial charge in [-0.1, -0.05) is 33.6 Å². The highest BCUT2D eigenvalue weighted by molar-refractivity contribution is 9.10. The third kappa shape index (κ3) is 5.18. The van der Waals surface area contributed by atoms with E-state index in [2.05, 4.69) is 26.0 Å². The molecule has 0 bridgehead atoms. The van der Waals surface area contributed by atoms with Gasteiger partial charge in [0.1, 0.15) is 10.6 Å². The van der Waals surface area contributed by atoms with E-state index >= 15 is 0 Å². The lowest BCUT2D eigenvalue weighted by atomic mass is 10.3. The maximum absolute atomic E-state index is 12.5. The van der Waals surface area contributed by atoms with Crippen LogP contribution in [0.4, 0.5) is 5.69 Å². The van der Waals surface area contributed by atoms with Gasteiger partial charge < -0.3 is 10.1 Å². The number of sulfonamides is 1. The number of benzene rings is 2. The molecule has 2 N–H and O–H groups in total. The molecule has 2 aromatic rings. The number of hydrogen-bond acceptors (Lipinski definition) is 4. The Morgan fingerprint density at radius 3 is 2.60 bits per heavy atom. The summed E-state index contributed by atoms with van der Waals surface area (Å²) in [7, 11) is -2.65. The van der Waals surface area contributed by atoms with Gasteiger partial charge in [0.15, 0.2) is 0 Å². The fraction of sp³-hybridized carbons (Fsp3) is 0.188. The van der Waals surface area contributed by atoms with Gasteiger partial charge in [0.25, 0.3) is 0 Å². The number of nitrogens with one attached hydrogen (secondary N) is 2. The van der Waals surface area contributed by atoms with Crippen molar-refractivity contribution in [2.24, 2.45) is 0 Å². The van der Waals surface area contributed by atoms with Gasteiger partial charge in [-0.15, -0.1) is 0 Å². The number of carbonyl (C=O) groups excluding carboxylic acids is 1. The second kappa shape index (κ2) is 8.18. The van der Waals surface area contributed by atoms with Crippen LogP contribution >= 0.6 is 27.5 Å². The molecule has 0 fully saturated rings. The minimum Gasteiger partial charge on any atom is -0.495 e. The van der Waals surface area contributed by atoms with Crippen molar-refractivity contribution >= 4 is 49.1 Å². The van der Waals surface area contributed by atoms with Crippen molar-refractivity contribution in [2.45, 2.75) is 17.9 Å². The number of ether oxygens (including phenoxy) is 1. The summed E-state index contributed by atoms with van der Waals surface area (Å²) in [6.45, 7) is 1.45. The Morgan fingerprint density at radius 1 is 1.24 bits per heavy atom. The van der Waals surface area contributed by atoms with Gasteiger partial charge in [-0.05, 0) is 43.3 Å². The summed E-state index contributed by atoms with van der Waals surface area (Å²) < 4.78 is 33.3. The summed E-state index contributed by atoms with van der Waals surface area (Å²) in [5.74, 6) is -0.362. The molecule has 6 nitrogen and oxygen atoms in total. The maximum Gasteiger partial charge on any atom is 0.245 e. The molecule has 0 heterocycles. The first kappa shape index (κ1) is 19.7. The van der Waals surface area contributed by atoms with Crippen molar-refractivity contribution in [2.75, 3.05) is 12.4 Å². The van der Waals surface area contributed by atoms with Crippen LogP contribution in [0.15, 0.2) is 51.8 Å². The molecule has 2 aromatic carbocycles. The van der Waals surface area contributed by atoms with Gasteiger partial charge in [-0.3, -0.25) is 4.79 Å². The van der Waals surface area contributed by atoms with Gasteiger partial charge in [-0.2, -0.15) is 4.72 Å². The lowest BCUT2D eigenvalue weighted by Crippen LogP contribution is -2.41. The van der Waals surface area contributed by atoms with Gasteiger partial charge >= 0.3 is 0 Å². The first-order valence-corrected chi connectivity index (χ1v) is 9.80. The fourth-order valence-electron chi connectivity index (χ4n) is 2.03. The second-order valence-electron chi connectivity index (χ2n) is 5.14. The predicted octanol–water partition coefficient (Wildman–Crippen LogP) is 3.42. The average molecular weight is 448 g/mol. The zero-order valence-electron chi connectivity index (χ0n) is 13.4. The number of anilines is 1. The Kier molecular flexibility index (Phi) is 6.45. The Morgan fingerprint density at radius 2 is 1.96 bits per heavy atom. The van der Waals surface area contributed by atoms with E-state index in [4.69, 9.17) is 16.3 Å². The van der Waals surface area contributed by atoms with Crippen molar-refractivity contribution in [1.29, 1.82) is 0 Å². The Bertz CT molecular complexity index is 889. The third-order valence-electron chi connectivity index (χ3n) is 3.23. The van der Waals surface area contributed by atoms with E-state index in [1.165, 1.54) is 32.2 Å². The molecule has 0 spiro atoms. The van der Waals surface area contributed by atoms with E-state index in [-0.39, 0.29) is 15.7 Å². The average Bonchev–Trinajstić information content (AvgIpc) is 2.54. The minimum absolute atomic E-state index is 0.135. The largest absolute Gasteiger partial charge is 0.495 e. The predicted molar refractivity (Wildman–Crippen MR) is 101 cm³/mol. The highest BCUT2D eigenvalue weighted by Crippen LogP contribution is 2.27. The van der Waals surface area contributed by atoms with Crippen LogP contribution in [0.2, 0.25) is 5.02 Å². The lowest BCUT2D eigenvalue weighted by molar-refractivity contribution is -0.117. The summed E-state index contributed by atoms with van der Waals surface area (Å²) in [6.07, 6.45) is 0. The summed E-state index contributed by atoms with van der Waals surface area (Å²) in [6, 6.07) is 10.2. The lowest BCUT2D eigenvalue weighted by Gasteiger charge is -2.16. The number of carbonyl (C=O) groups is 1. The van der Waals surface area contributed by atoms with Crippen LogP contribution in [0.5, 0.6) is 5.75 Å². The number of amides is 1. The molecule has 0 aliphatic heterocycles. The summed E-state index contributed by atoms with van der Waals surface area (Å²) in [5.41, 5.74) is 0.547. The zero-order valence-corrected chi connectivity index (χ0v) is 16.6. The molecule has 0 aliphatic carbocycles. The summed E-state index contributed by atoms with van der Waals surface area (Å²) in [4.78, 5) is 12.1. The van der Waals surface area contributed by atoms with E-state index in [0.29, 0.717) is 5.69 Å². The number of methoxy groups -OCH3 is 1. The minimum atomic E-state index is -4.00. The topological polar surface area (TPSA) is 84.5 Å². The van der Waals surface area contributed by atoms with Gasteiger partial charge in [0.05, 0.1) is 13.2 Å². The third-order valence-corrected chi connectivity index (χ3v) is 5.52. The van der Waals surface area contributed by atoms with E-state index in [1.807, 2.05) is 6.07 Å². The molecule has 0 unspecified atom stereocenters. The molecule has 0 aromatic heterocycles. The molecule has 0 saturated heterocycles. The normalized spacial score (nSPS) is 12.5. The first-order chi connectivity index (χ1) is 11.7. The molecule has 1 atom stereocenters. The van der Waals surface area contributed by atoms with E-state index in [9.17, 15) is 13.2 Å². The van der Waals surface area contributed by atoms with Gasteiger partial charge in [0.2, 0.25) is 15.9 Å². The van der Waals surface area contributed by atoms with E-state index < -0.39 is 22.0 Å². The van der Waals surface area contributed by atoms with E-state index in [1.54, 1.807) is 18.2 Å². The molecule has 0 saturated carbocycles. The molecule has 2 rings (SSSR count). The molecule has 1 amide bonds. The number of hydrogen-bond donors (Lipinski definition) is 2. The number of halogens is 2. The molecular formula is C16H16BrClN2O4S. The van der Waals surface area contributed by atoms with Crippen LogP contribution < -0.4 is 14.8 Å². The molecular weight excluding hydrogens is 432 g/mol. The molecule has 0 radical (unpaired) electrons. The van der Waals surface area contributed by atoms with Crippen molar-refractivity contribution < 1.29 is 17.9 Å². The smallest absolute Gasteiger partial charge is 0.245 e. The van der Waals surface area contributed by atoms with Crippen molar-refractivity contribution in [1.82, 2.24) is 4.72 Å². The van der Waals surface area contributed by atoms with Gasteiger partial charge in [0, 0.05) is 15.2 Å². The van der Waals surface area contributed by atoms with Crippen LogP contribution in [0.1, 0.15) is 6.92 Å². The van der Waals surface area contributed by atoms with E-state index in [0.717, 1.165) is 4.47 Å². The standard InChI is InChI=1S/C16H16BrClN2O4S/c1-10(16(21)19-13-5-3-4-11(17)8-13)20-25(22,23)15-9-12(18)6-7-14(15)24-2/h3-10,20H,1-2H3,(H,19,21)/t10-/m0/s1. The quantitative estimate of drug-likeness (QED) is 0.711. The highest BCUT2D eigenvalue weighted by Gasteiger charge is 2.25. The SMILES string of the molecule is COc1ccc(Cl)cc1S(=O)(=O)N[C@@H](C)C(=O)Nc1cccc(Br)c1. The van der Waals surface area contributed by atoms with Crippen LogP contribution in [0.25, 0.3) is 0 Å². The van der Waals surface area contributed by atoms with Crippen molar-refractivity contribution in [3.63, 3.8) is 0 Å². The number of rotatable bonds is 6.